The molecule has 0 aliphatic carbocycles. The van der Waals surface area contributed by atoms with Crippen molar-refractivity contribution in [3.63, 3.8) is 0 Å². The van der Waals surface area contributed by atoms with Crippen molar-refractivity contribution in [1.29, 1.82) is 0 Å². The Morgan fingerprint density at radius 2 is 1.58 bits per heavy atom. The van der Waals surface area contributed by atoms with E-state index in [4.69, 9.17) is 4.74 Å². The van der Waals surface area contributed by atoms with E-state index in [-0.39, 0.29) is 11.9 Å². The van der Waals surface area contributed by atoms with Gasteiger partial charge in [-0.15, -0.1) is 0 Å². The first-order valence-electron chi connectivity index (χ1n) is 11.8. The Labute approximate surface area is 218 Å². The molecule has 0 bridgehead atoms. The van der Waals surface area contributed by atoms with Crippen LogP contribution in [0.1, 0.15) is 38.9 Å². The van der Waals surface area contributed by atoms with Gasteiger partial charge < -0.3 is 14.6 Å². The summed E-state index contributed by atoms with van der Waals surface area (Å²) >= 11 is 3.51. The van der Waals surface area contributed by atoms with E-state index in [1.165, 1.54) is 7.11 Å². The fourth-order valence-electron chi connectivity index (χ4n) is 4.63. The summed E-state index contributed by atoms with van der Waals surface area (Å²) < 4.78 is 5.94. The maximum atomic E-state index is 14.1. The number of anilines is 1. The lowest BCUT2D eigenvalue weighted by molar-refractivity contribution is -0.120. The molecule has 182 valence electrons. The Balaban J connectivity index is 1.64. The second kappa shape index (κ2) is 10.5. The van der Waals surface area contributed by atoms with Gasteiger partial charge >= 0.3 is 5.97 Å². The number of esters is 1. The maximum absolute atomic E-state index is 14.1. The number of carbonyl (C=O) groups is 2. The molecule has 0 unspecified atom stereocenters. The lowest BCUT2D eigenvalue weighted by atomic mass is 10.0. The van der Waals surface area contributed by atoms with Gasteiger partial charge in [-0.1, -0.05) is 88.7 Å². The van der Waals surface area contributed by atoms with Gasteiger partial charge in [0.1, 0.15) is 5.69 Å². The molecule has 1 aromatic heterocycles. The predicted molar refractivity (Wildman–Crippen MR) is 143 cm³/mol. The number of hydrogen-bond acceptors (Lipinski definition) is 4. The van der Waals surface area contributed by atoms with E-state index in [1.807, 2.05) is 84.9 Å². The smallest absolute Gasteiger partial charge is 0.354 e. The third kappa shape index (κ3) is 4.98. The number of benzene rings is 3. The second-order valence-electron chi connectivity index (χ2n) is 8.78. The number of nitrogens with one attached hydrogen (secondary N) is 2. The van der Waals surface area contributed by atoms with Crippen molar-refractivity contribution < 1.29 is 14.3 Å². The van der Waals surface area contributed by atoms with Crippen molar-refractivity contribution in [3.05, 3.63) is 124 Å². The van der Waals surface area contributed by atoms with Crippen LogP contribution in [0.2, 0.25) is 0 Å². The van der Waals surface area contributed by atoms with Gasteiger partial charge in [0.05, 0.1) is 37.1 Å². The third-order valence-electron chi connectivity index (χ3n) is 6.41. The van der Waals surface area contributed by atoms with Crippen LogP contribution in [-0.2, 0) is 22.5 Å². The number of methoxy groups -OCH3 is 1. The highest BCUT2D eigenvalue weighted by atomic mass is 79.9. The highest BCUT2D eigenvalue weighted by Crippen LogP contribution is 2.37. The largest absolute Gasteiger partial charge is 0.464 e. The van der Waals surface area contributed by atoms with Crippen LogP contribution in [-0.4, -0.2) is 30.0 Å². The van der Waals surface area contributed by atoms with Crippen LogP contribution in [0.4, 0.5) is 5.69 Å². The molecule has 2 heterocycles. The van der Waals surface area contributed by atoms with Crippen LogP contribution in [0.15, 0.2) is 95.5 Å². The van der Waals surface area contributed by atoms with Gasteiger partial charge in [-0.25, -0.2) is 4.79 Å². The van der Waals surface area contributed by atoms with Crippen LogP contribution in [0.5, 0.6) is 0 Å². The normalized spacial score (nSPS) is 17.4. The Hall–Kier alpha value is -3.68. The van der Waals surface area contributed by atoms with E-state index in [0.717, 1.165) is 26.9 Å². The molecule has 0 spiro atoms. The standard InChI is InChI=1S/C29H26BrN3O3/c1-36-29(35)24-17-25-27(32-24)26(21-12-14-22(30)15-13-21)31-23(16-19-8-4-2-5-9-19)28(34)33(25)18-20-10-6-3-7-11-20/h2-15,17,23,26,31-32H,16,18H2,1H3/t23-,26+/m0/s1. The van der Waals surface area contributed by atoms with E-state index >= 15 is 0 Å². The average Bonchev–Trinajstić information content (AvgIpc) is 3.32. The van der Waals surface area contributed by atoms with E-state index < -0.39 is 12.0 Å². The van der Waals surface area contributed by atoms with Gasteiger partial charge in [0.25, 0.3) is 0 Å². The molecule has 0 fully saturated rings. The molecule has 4 aromatic rings. The molecule has 1 amide bonds. The van der Waals surface area contributed by atoms with E-state index in [2.05, 4.69) is 26.2 Å². The summed E-state index contributed by atoms with van der Waals surface area (Å²) in [6.07, 6.45) is 0.534. The highest BCUT2D eigenvalue weighted by molar-refractivity contribution is 9.10. The zero-order valence-corrected chi connectivity index (χ0v) is 21.4. The van der Waals surface area contributed by atoms with E-state index in [0.29, 0.717) is 24.3 Å². The lowest BCUT2D eigenvalue weighted by Crippen LogP contribution is -2.46. The summed E-state index contributed by atoms with van der Waals surface area (Å²) in [6, 6.07) is 28.7. The zero-order chi connectivity index (χ0) is 25.1. The van der Waals surface area contributed by atoms with Gasteiger partial charge in [0, 0.05) is 4.47 Å². The molecule has 36 heavy (non-hydrogen) atoms. The van der Waals surface area contributed by atoms with Crippen molar-refractivity contribution in [2.24, 2.45) is 0 Å². The number of amides is 1. The summed E-state index contributed by atoms with van der Waals surface area (Å²) in [4.78, 5) is 31.6. The molecular formula is C29H26BrN3O3. The summed E-state index contributed by atoms with van der Waals surface area (Å²) in [7, 11) is 1.35. The molecule has 0 saturated heterocycles. The maximum Gasteiger partial charge on any atom is 0.354 e. The van der Waals surface area contributed by atoms with Gasteiger partial charge in [0.2, 0.25) is 5.91 Å². The Morgan fingerprint density at radius 1 is 0.944 bits per heavy atom. The predicted octanol–water partition coefficient (Wildman–Crippen LogP) is 5.40. The van der Waals surface area contributed by atoms with Crippen LogP contribution < -0.4 is 10.2 Å². The zero-order valence-electron chi connectivity index (χ0n) is 19.8. The number of aromatic nitrogens is 1. The number of fused-ring (bicyclic) bond motifs is 1. The van der Waals surface area contributed by atoms with Gasteiger partial charge in [-0.3, -0.25) is 10.1 Å². The van der Waals surface area contributed by atoms with Crippen molar-refractivity contribution in [2.45, 2.75) is 25.0 Å². The topological polar surface area (TPSA) is 74.4 Å². The molecule has 0 radical (unpaired) electrons. The minimum Gasteiger partial charge on any atom is -0.464 e. The van der Waals surface area contributed by atoms with Gasteiger partial charge in [-0.05, 0) is 41.3 Å². The minimum absolute atomic E-state index is 0.0565. The van der Waals surface area contributed by atoms with Crippen LogP contribution in [0.3, 0.4) is 0 Å². The summed E-state index contributed by atoms with van der Waals surface area (Å²) in [5, 5.41) is 3.60. The van der Waals surface area contributed by atoms with Crippen LogP contribution >= 0.6 is 15.9 Å². The molecular weight excluding hydrogens is 518 g/mol. The molecule has 3 aromatic carbocycles. The first-order chi connectivity index (χ1) is 17.5. The van der Waals surface area contributed by atoms with Gasteiger partial charge in [0.15, 0.2) is 0 Å². The minimum atomic E-state index is -0.481. The lowest BCUT2D eigenvalue weighted by Gasteiger charge is -2.25. The summed E-state index contributed by atoms with van der Waals surface area (Å²) in [5.74, 6) is -0.537. The SMILES string of the molecule is COC(=O)c1cc2c([nH]1)[C@@H](c1ccc(Br)cc1)N[C@@H](Cc1ccccc1)C(=O)N2Cc1ccccc1. The molecule has 2 atom stereocenters. The average molecular weight is 544 g/mol. The van der Waals surface area contributed by atoms with Crippen molar-refractivity contribution >= 4 is 33.5 Å². The van der Waals surface area contributed by atoms with Crippen LogP contribution in [0, 0.1) is 0 Å². The van der Waals surface area contributed by atoms with Crippen molar-refractivity contribution in [3.8, 4) is 0 Å². The first-order valence-corrected chi connectivity index (χ1v) is 12.5. The molecule has 6 nitrogen and oxygen atoms in total. The molecule has 1 aliphatic heterocycles. The number of H-pyrrole nitrogens is 1. The molecule has 1 aliphatic rings. The molecule has 5 rings (SSSR count). The number of halogens is 1. The Kier molecular flexibility index (Phi) is 7.02. The number of carbonyl (C=O) groups excluding carboxylic acids is 2. The number of ether oxygens (including phenoxy) is 1. The summed E-state index contributed by atoms with van der Waals surface area (Å²) in [5.41, 5.74) is 4.76. The second-order valence-corrected chi connectivity index (χ2v) is 9.69. The quantitative estimate of drug-likeness (QED) is 0.319. The fraction of sp³-hybridized carbons (Fsp3) is 0.172. The van der Waals surface area contributed by atoms with Crippen LogP contribution in [0.25, 0.3) is 0 Å². The third-order valence-corrected chi connectivity index (χ3v) is 6.94. The monoisotopic (exact) mass is 543 g/mol. The molecule has 0 saturated carbocycles. The number of aromatic amines is 1. The first kappa shape index (κ1) is 24.0. The van der Waals surface area contributed by atoms with E-state index in [1.54, 1.807) is 11.0 Å². The Morgan fingerprint density at radius 3 is 2.22 bits per heavy atom. The van der Waals surface area contributed by atoms with Gasteiger partial charge in [-0.2, -0.15) is 0 Å². The number of hydrogen-bond donors (Lipinski definition) is 2. The fourth-order valence-corrected chi connectivity index (χ4v) is 4.89. The van der Waals surface area contributed by atoms with Crippen molar-refractivity contribution in [1.82, 2.24) is 10.3 Å². The number of nitrogens with zero attached hydrogens (tertiary/aromatic N) is 1. The Bertz CT molecular complexity index is 1350. The van der Waals surface area contributed by atoms with Crippen molar-refractivity contribution in [2.75, 3.05) is 12.0 Å². The molecule has 7 heteroatoms. The van der Waals surface area contributed by atoms with E-state index in [9.17, 15) is 9.59 Å². The highest BCUT2D eigenvalue weighted by Gasteiger charge is 2.37. The summed E-state index contributed by atoms with van der Waals surface area (Å²) in [6.45, 7) is 0.380. The molecule has 2 N–H and O–H groups in total. The number of rotatable bonds is 6.